The van der Waals surface area contributed by atoms with Gasteiger partial charge < -0.3 is 8.80 Å². The first-order chi connectivity index (χ1) is 32.6. The molecule has 2 atom stereocenters. The largest absolute Gasteiger partial charge is 0.306 e. The second kappa shape index (κ2) is 17.5. The Labute approximate surface area is 386 Å². The minimum atomic E-state index is -0.0258. The first kappa shape index (κ1) is 40.2. The molecule has 0 N–H and O–H groups in total. The lowest BCUT2D eigenvalue weighted by Gasteiger charge is -2.30. The molecule has 0 spiro atoms. The van der Waals surface area contributed by atoms with Crippen LogP contribution in [0.25, 0.3) is 56.1 Å². The van der Waals surface area contributed by atoms with E-state index in [0.717, 1.165) is 56.1 Å². The van der Waals surface area contributed by atoms with E-state index < -0.39 is 0 Å². The number of rotatable bonds is 10. The maximum Gasteiger partial charge on any atom is 0.137 e. The SMILES string of the molecule is C=C/C=C\C=C1/C=C(c2ccc(/C(=C3\C=CC=CC3C(=C)c3ccc(-c4cn5ccccc5n4)cc3)c3ccccc3)cc2)C2C=CC=CC2=C1c1ccc(-c2cn3ccccc3n2)cc1. The number of fused-ring (bicyclic) bond motifs is 3. The predicted octanol–water partition coefficient (Wildman–Crippen LogP) is 14.8. The zero-order chi connectivity index (χ0) is 44.4. The summed E-state index contributed by atoms with van der Waals surface area (Å²) < 4.78 is 4.12. The number of aromatic nitrogens is 4. The number of pyridine rings is 2. The molecule has 8 aromatic rings. The summed E-state index contributed by atoms with van der Waals surface area (Å²) in [7, 11) is 0. The highest BCUT2D eigenvalue weighted by Gasteiger charge is 2.29. The Kier molecular flexibility index (Phi) is 10.7. The Morgan fingerprint density at radius 1 is 0.545 bits per heavy atom. The third kappa shape index (κ3) is 7.65. The number of imidazole rings is 2. The number of allylic oxidation sites excluding steroid dienone is 19. The molecule has 0 bridgehead atoms. The maximum absolute atomic E-state index is 4.88. The molecule has 0 fully saturated rings. The van der Waals surface area contributed by atoms with Gasteiger partial charge in [0.1, 0.15) is 11.3 Å². The molecule has 2 unspecified atom stereocenters. The molecule has 4 nitrogen and oxygen atoms in total. The molecule has 0 amide bonds. The molecule has 3 aliphatic rings. The van der Waals surface area contributed by atoms with Crippen LogP contribution >= 0.6 is 0 Å². The number of hydrogen-bond acceptors (Lipinski definition) is 2. The van der Waals surface area contributed by atoms with Crippen molar-refractivity contribution in [3.8, 4) is 22.5 Å². The number of nitrogens with zero attached hydrogens (tertiary/aromatic N) is 4. The lowest BCUT2D eigenvalue weighted by molar-refractivity contribution is 1.01. The van der Waals surface area contributed by atoms with E-state index in [4.69, 9.17) is 16.5 Å². The van der Waals surface area contributed by atoms with Crippen LogP contribution in [0.3, 0.4) is 0 Å². The molecule has 66 heavy (non-hydrogen) atoms. The summed E-state index contributed by atoms with van der Waals surface area (Å²) in [5.74, 6) is 0.0572. The average molecular weight is 847 g/mol. The van der Waals surface area contributed by atoms with Gasteiger partial charge in [0.2, 0.25) is 0 Å². The van der Waals surface area contributed by atoms with Crippen LogP contribution in [0.1, 0.15) is 27.8 Å². The van der Waals surface area contributed by atoms with E-state index in [9.17, 15) is 0 Å². The van der Waals surface area contributed by atoms with Gasteiger partial charge in [-0.3, -0.25) is 0 Å². The van der Waals surface area contributed by atoms with Gasteiger partial charge in [-0.2, -0.15) is 0 Å². The highest BCUT2D eigenvalue weighted by Crippen LogP contribution is 2.47. The summed E-state index contributed by atoms with van der Waals surface area (Å²) in [5.41, 5.74) is 20.1. The molecule has 3 aliphatic carbocycles. The molecule has 0 aliphatic heterocycles. The van der Waals surface area contributed by atoms with Gasteiger partial charge in [0, 0.05) is 47.8 Å². The van der Waals surface area contributed by atoms with Gasteiger partial charge in [0.25, 0.3) is 0 Å². The third-order valence-electron chi connectivity index (χ3n) is 12.8. The fraction of sp³-hybridized carbons (Fsp3) is 0.0323. The molecular weight excluding hydrogens is 801 g/mol. The van der Waals surface area contributed by atoms with E-state index in [2.05, 4.69) is 198 Å². The standard InChI is InChI=1S/C62H46N4/c1-3-4-6-19-51-40-56(53-21-10-12-23-55(53)62(51)50-36-32-47(33-37-50)58-42-66-39-16-14-25-60(66)64-58)45-28-34-49(35-29-45)61(48-17-7-5-8-18-48)54-22-11-9-20-52(54)43(2)44-26-30-46(31-27-44)57-41-65-38-15-13-24-59(65)63-57/h3-42,52-53H,1-2H2/b6-4-,51-19+,61-54+. The molecule has 0 saturated carbocycles. The fourth-order valence-corrected chi connectivity index (χ4v) is 9.52. The van der Waals surface area contributed by atoms with Gasteiger partial charge in [0.15, 0.2) is 0 Å². The van der Waals surface area contributed by atoms with E-state index in [1.807, 2.05) is 60.9 Å². The van der Waals surface area contributed by atoms with Crippen molar-refractivity contribution in [1.29, 1.82) is 0 Å². The molecule has 4 heterocycles. The Balaban J connectivity index is 0.936. The summed E-state index contributed by atoms with van der Waals surface area (Å²) in [4.78, 5) is 9.72. The van der Waals surface area contributed by atoms with Crippen LogP contribution in [0.15, 0.2) is 273 Å². The van der Waals surface area contributed by atoms with E-state index in [1.165, 1.54) is 44.6 Å². The van der Waals surface area contributed by atoms with Crippen molar-refractivity contribution in [2.75, 3.05) is 0 Å². The quantitative estimate of drug-likeness (QED) is 0.129. The van der Waals surface area contributed by atoms with E-state index >= 15 is 0 Å². The summed E-state index contributed by atoms with van der Waals surface area (Å²) in [6.07, 6.45) is 36.5. The molecule has 4 aromatic carbocycles. The smallest absolute Gasteiger partial charge is 0.137 e. The number of benzene rings is 4. The summed E-state index contributed by atoms with van der Waals surface area (Å²) in [6, 6.07) is 49.6. The Hall–Kier alpha value is -8.60. The first-order valence-corrected chi connectivity index (χ1v) is 22.4. The normalized spacial score (nSPS) is 18.1. The van der Waals surface area contributed by atoms with Crippen LogP contribution in [0.5, 0.6) is 0 Å². The fourth-order valence-electron chi connectivity index (χ4n) is 9.52. The van der Waals surface area contributed by atoms with Crippen molar-refractivity contribution in [3.63, 3.8) is 0 Å². The van der Waals surface area contributed by atoms with Gasteiger partial charge in [-0.1, -0.05) is 201 Å². The zero-order valence-corrected chi connectivity index (χ0v) is 36.5. The molecule has 0 saturated heterocycles. The zero-order valence-electron chi connectivity index (χ0n) is 36.5. The summed E-state index contributed by atoms with van der Waals surface area (Å²) in [6.45, 7) is 8.66. The van der Waals surface area contributed by atoms with Gasteiger partial charge in [-0.15, -0.1) is 0 Å². The second-order valence-electron chi connectivity index (χ2n) is 16.8. The van der Waals surface area contributed by atoms with Gasteiger partial charge in [0.05, 0.1) is 11.4 Å². The lowest BCUT2D eigenvalue weighted by atomic mass is 9.73. The van der Waals surface area contributed by atoms with Gasteiger partial charge in [-0.05, 0) is 97.2 Å². The monoisotopic (exact) mass is 846 g/mol. The first-order valence-electron chi connectivity index (χ1n) is 22.4. The lowest BCUT2D eigenvalue weighted by Crippen LogP contribution is -2.13. The van der Waals surface area contributed by atoms with Crippen LogP contribution < -0.4 is 0 Å². The van der Waals surface area contributed by atoms with Crippen LogP contribution in [0.2, 0.25) is 0 Å². The third-order valence-corrected chi connectivity index (χ3v) is 12.8. The molecule has 4 aromatic heterocycles. The topological polar surface area (TPSA) is 34.6 Å². The van der Waals surface area contributed by atoms with Crippen molar-refractivity contribution in [3.05, 3.63) is 301 Å². The molecular formula is C62H46N4. The molecule has 0 radical (unpaired) electrons. The van der Waals surface area contributed by atoms with Crippen molar-refractivity contribution in [2.45, 2.75) is 0 Å². The summed E-state index contributed by atoms with van der Waals surface area (Å²) in [5, 5.41) is 0. The van der Waals surface area contributed by atoms with Gasteiger partial charge in [-0.25, -0.2) is 9.97 Å². The minimum absolute atomic E-state index is 0.0258. The van der Waals surface area contributed by atoms with E-state index in [0.29, 0.717) is 0 Å². The highest BCUT2D eigenvalue weighted by atomic mass is 15.0. The van der Waals surface area contributed by atoms with Crippen LogP contribution in [0.4, 0.5) is 0 Å². The van der Waals surface area contributed by atoms with Crippen LogP contribution in [-0.4, -0.2) is 18.8 Å². The van der Waals surface area contributed by atoms with Gasteiger partial charge >= 0.3 is 0 Å². The van der Waals surface area contributed by atoms with Crippen LogP contribution in [-0.2, 0) is 0 Å². The Morgan fingerprint density at radius 2 is 1.12 bits per heavy atom. The molecule has 4 heteroatoms. The van der Waals surface area contributed by atoms with Crippen molar-refractivity contribution >= 4 is 33.6 Å². The van der Waals surface area contributed by atoms with Crippen LogP contribution in [0, 0.1) is 11.8 Å². The molecule has 11 rings (SSSR count). The predicted molar refractivity (Wildman–Crippen MR) is 275 cm³/mol. The van der Waals surface area contributed by atoms with E-state index in [-0.39, 0.29) is 11.8 Å². The van der Waals surface area contributed by atoms with E-state index in [1.54, 1.807) is 0 Å². The maximum atomic E-state index is 4.88. The van der Waals surface area contributed by atoms with Crippen molar-refractivity contribution in [2.24, 2.45) is 11.8 Å². The summed E-state index contributed by atoms with van der Waals surface area (Å²) >= 11 is 0. The Bertz CT molecular complexity index is 3400. The highest BCUT2D eigenvalue weighted by molar-refractivity contribution is 5.96. The van der Waals surface area contributed by atoms with Crippen molar-refractivity contribution < 1.29 is 0 Å². The average Bonchev–Trinajstić information content (AvgIpc) is 4.03. The number of hydrogen-bond donors (Lipinski definition) is 0. The molecule has 314 valence electrons. The minimum Gasteiger partial charge on any atom is -0.306 e. The Morgan fingerprint density at radius 3 is 1.79 bits per heavy atom. The second-order valence-corrected chi connectivity index (χ2v) is 16.8. The van der Waals surface area contributed by atoms with Crippen molar-refractivity contribution in [1.82, 2.24) is 18.8 Å².